The van der Waals surface area contributed by atoms with E-state index >= 15 is 0 Å². The van der Waals surface area contributed by atoms with Crippen LogP contribution in [0.3, 0.4) is 0 Å². The summed E-state index contributed by atoms with van der Waals surface area (Å²) in [7, 11) is -3.65. The Kier molecular flexibility index (Phi) is 7.40. The van der Waals surface area contributed by atoms with Crippen molar-refractivity contribution in [2.45, 2.75) is 28.5 Å². The second kappa shape index (κ2) is 10.4. The van der Waals surface area contributed by atoms with E-state index in [1.807, 2.05) is 18.2 Å². The number of carbonyl (C=O) groups is 1. The number of hydrogen-bond donors (Lipinski definition) is 1. The SMILES string of the molecule is O=C(CSc1nncs1)Nc1cc(S(=O)(=O)N2CCCCC2)ccc1Oc1ccccc1. The van der Waals surface area contributed by atoms with E-state index in [9.17, 15) is 13.2 Å². The predicted molar refractivity (Wildman–Crippen MR) is 125 cm³/mol. The molecule has 1 aliphatic heterocycles. The maximum atomic E-state index is 13.1. The summed E-state index contributed by atoms with van der Waals surface area (Å²) in [5, 5.41) is 10.5. The third-order valence-electron chi connectivity index (χ3n) is 4.82. The van der Waals surface area contributed by atoms with Crippen molar-refractivity contribution in [2.24, 2.45) is 0 Å². The molecule has 4 rings (SSSR count). The van der Waals surface area contributed by atoms with Crippen LogP contribution in [0.25, 0.3) is 0 Å². The van der Waals surface area contributed by atoms with Crippen molar-refractivity contribution in [3.8, 4) is 11.5 Å². The second-order valence-corrected chi connectivity index (χ2v) is 11.1. The van der Waals surface area contributed by atoms with Crippen molar-refractivity contribution in [3.63, 3.8) is 0 Å². The zero-order valence-electron chi connectivity index (χ0n) is 17.1. The van der Waals surface area contributed by atoms with Gasteiger partial charge >= 0.3 is 0 Å². The summed E-state index contributed by atoms with van der Waals surface area (Å²) < 4.78 is 34.4. The van der Waals surface area contributed by atoms with Gasteiger partial charge in [0.25, 0.3) is 0 Å². The van der Waals surface area contributed by atoms with Gasteiger partial charge in [-0.15, -0.1) is 10.2 Å². The molecule has 1 saturated heterocycles. The average Bonchev–Trinajstić information content (AvgIpc) is 3.34. The Hall–Kier alpha value is -2.47. The number of piperidine rings is 1. The second-order valence-electron chi connectivity index (χ2n) is 7.08. The molecule has 2 heterocycles. The Morgan fingerprint density at radius 1 is 1.12 bits per heavy atom. The maximum Gasteiger partial charge on any atom is 0.243 e. The molecule has 0 aliphatic carbocycles. The molecule has 168 valence electrons. The van der Waals surface area contributed by atoms with Crippen LogP contribution in [0.1, 0.15) is 19.3 Å². The van der Waals surface area contributed by atoms with E-state index in [0.717, 1.165) is 19.3 Å². The monoisotopic (exact) mass is 490 g/mol. The Balaban J connectivity index is 1.58. The first-order valence-corrected chi connectivity index (χ1v) is 13.4. The number of carbonyl (C=O) groups excluding carboxylic acids is 1. The number of rotatable bonds is 8. The van der Waals surface area contributed by atoms with Gasteiger partial charge in [0.15, 0.2) is 10.1 Å². The molecular weight excluding hydrogens is 468 g/mol. The number of nitrogens with one attached hydrogen (secondary N) is 1. The molecule has 0 spiro atoms. The van der Waals surface area contributed by atoms with E-state index in [1.54, 1.807) is 23.7 Å². The van der Waals surface area contributed by atoms with Gasteiger partial charge in [-0.25, -0.2) is 8.42 Å². The number of sulfonamides is 1. The van der Waals surface area contributed by atoms with Gasteiger partial charge in [0, 0.05) is 13.1 Å². The topological polar surface area (TPSA) is 101 Å². The summed E-state index contributed by atoms with van der Waals surface area (Å²) >= 11 is 2.61. The standard InChI is InChI=1S/C21H22N4O4S3/c26-20(14-30-21-24-22-15-31-21)23-18-13-17(32(27,28)25-11-5-2-6-12-25)9-10-19(18)29-16-7-3-1-4-8-16/h1,3-4,7-10,13,15H,2,5-6,11-12,14H2,(H,23,26). The van der Waals surface area contributed by atoms with E-state index in [1.165, 1.54) is 39.5 Å². The Morgan fingerprint density at radius 2 is 1.91 bits per heavy atom. The number of thioether (sulfide) groups is 1. The van der Waals surface area contributed by atoms with Crippen molar-refractivity contribution in [3.05, 3.63) is 54.0 Å². The molecule has 1 fully saturated rings. The Bertz CT molecular complexity index is 1150. The number of aromatic nitrogens is 2. The third-order valence-corrected chi connectivity index (χ3v) is 8.57. The first kappa shape index (κ1) is 22.7. The van der Waals surface area contributed by atoms with Crippen LogP contribution in [0.15, 0.2) is 63.3 Å². The van der Waals surface area contributed by atoms with Crippen LogP contribution in [-0.2, 0) is 14.8 Å². The van der Waals surface area contributed by atoms with Crippen molar-refractivity contribution in [1.82, 2.24) is 14.5 Å². The minimum atomic E-state index is -3.65. The van der Waals surface area contributed by atoms with E-state index in [4.69, 9.17) is 4.74 Å². The summed E-state index contributed by atoms with van der Waals surface area (Å²) in [6, 6.07) is 13.7. The molecule has 8 nitrogen and oxygen atoms in total. The number of para-hydroxylation sites is 1. The normalized spacial score (nSPS) is 14.8. The van der Waals surface area contributed by atoms with Gasteiger partial charge in [-0.3, -0.25) is 4.79 Å². The van der Waals surface area contributed by atoms with Crippen molar-refractivity contribution < 1.29 is 17.9 Å². The Labute approximate surface area is 195 Å². The molecule has 0 atom stereocenters. The minimum absolute atomic E-state index is 0.114. The van der Waals surface area contributed by atoms with Crippen LogP contribution in [0, 0.1) is 0 Å². The van der Waals surface area contributed by atoms with Crippen LogP contribution in [0.4, 0.5) is 5.69 Å². The number of nitrogens with zero attached hydrogens (tertiary/aromatic N) is 3. The van der Waals surface area contributed by atoms with E-state index in [-0.39, 0.29) is 16.6 Å². The van der Waals surface area contributed by atoms with Crippen LogP contribution in [0.2, 0.25) is 0 Å². The zero-order chi connectivity index (χ0) is 22.4. The van der Waals surface area contributed by atoms with Gasteiger partial charge in [-0.05, 0) is 43.2 Å². The average molecular weight is 491 g/mol. The number of amides is 1. The van der Waals surface area contributed by atoms with Crippen molar-refractivity contribution >= 4 is 44.7 Å². The number of ether oxygens (including phenoxy) is 1. The summed E-state index contributed by atoms with van der Waals surface area (Å²) in [4.78, 5) is 12.7. The number of benzene rings is 2. The highest BCUT2D eigenvalue weighted by molar-refractivity contribution is 8.01. The zero-order valence-corrected chi connectivity index (χ0v) is 19.6. The lowest BCUT2D eigenvalue weighted by Crippen LogP contribution is -2.35. The highest BCUT2D eigenvalue weighted by Gasteiger charge is 2.27. The molecule has 1 aliphatic rings. The fourth-order valence-corrected chi connectivity index (χ4v) is 6.10. The van der Waals surface area contributed by atoms with Gasteiger partial charge < -0.3 is 10.1 Å². The smallest absolute Gasteiger partial charge is 0.243 e. The van der Waals surface area contributed by atoms with Gasteiger partial charge in [-0.1, -0.05) is 47.7 Å². The van der Waals surface area contributed by atoms with Gasteiger partial charge in [0.2, 0.25) is 15.9 Å². The van der Waals surface area contributed by atoms with Crippen LogP contribution >= 0.6 is 23.1 Å². The quantitative estimate of drug-likeness (QED) is 0.471. The molecule has 11 heteroatoms. The van der Waals surface area contributed by atoms with Crippen molar-refractivity contribution in [2.75, 3.05) is 24.2 Å². The van der Waals surface area contributed by atoms with Gasteiger partial charge in [-0.2, -0.15) is 4.31 Å². The molecule has 1 amide bonds. The van der Waals surface area contributed by atoms with Crippen LogP contribution < -0.4 is 10.1 Å². The molecular formula is C21H22N4O4S3. The fourth-order valence-electron chi connectivity index (χ4n) is 3.27. The summed E-state index contributed by atoms with van der Waals surface area (Å²) in [6.45, 7) is 1.01. The minimum Gasteiger partial charge on any atom is -0.455 e. The van der Waals surface area contributed by atoms with E-state index < -0.39 is 10.0 Å². The fraction of sp³-hybridized carbons (Fsp3) is 0.286. The third kappa shape index (κ3) is 5.66. The van der Waals surface area contributed by atoms with E-state index in [2.05, 4.69) is 15.5 Å². The van der Waals surface area contributed by atoms with Crippen molar-refractivity contribution in [1.29, 1.82) is 0 Å². The molecule has 0 saturated carbocycles. The lowest BCUT2D eigenvalue weighted by atomic mass is 10.2. The lowest BCUT2D eigenvalue weighted by molar-refractivity contribution is -0.113. The molecule has 0 bridgehead atoms. The van der Waals surface area contributed by atoms with Gasteiger partial charge in [0.1, 0.15) is 11.3 Å². The number of hydrogen-bond acceptors (Lipinski definition) is 8. The predicted octanol–water partition coefficient (Wildman–Crippen LogP) is 4.24. The van der Waals surface area contributed by atoms with E-state index in [0.29, 0.717) is 34.6 Å². The molecule has 1 N–H and O–H groups in total. The molecule has 1 aromatic heterocycles. The lowest BCUT2D eigenvalue weighted by Gasteiger charge is -2.26. The molecule has 2 aromatic carbocycles. The maximum absolute atomic E-state index is 13.1. The largest absolute Gasteiger partial charge is 0.455 e. The first-order chi connectivity index (χ1) is 15.5. The molecule has 0 unspecified atom stereocenters. The molecule has 3 aromatic rings. The Morgan fingerprint density at radius 3 is 2.62 bits per heavy atom. The molecule has 0 radical (unpaired) electrons. The van der Waals surface area contributed by atoms with Crippen LogP contribution in [0.5, 0.6) is 11.5 Å². The molecule has 32 heavy (non-hydrogen) atoms. The highest BCUT2D eigenvalue weighted by Crippen LogP contribution is 2.33. The highest BCUT2D eigenvalue weighted by atomic mass is 32.2. The van der Waals surface area contributed by atoms with Crippen LogP contribution in [-0.4, -0.2) is 47.7 Å². The first-order valence-electron chi connectivity index (χ1n) is 10.1. The number of anilines is 1. The summed E-state index contributed by atoms with van der Waals surface area (Å²) in [5.74, 6) is 0.764. The summed E-state index contributed by atoms with van der Waals surface area (Å²) in [6.07, 6.45) is 2.73. The van der Waals surface area contributed by atoms with Gasteiger partial charge in [0.05, 0.1) is 16.3 Å². The summed E-state index contributed by atoms with van der Waals surface area (Å²) in [5.41, 5.74) is 1.90.